The predicted octanol–water partition coefficient (Wildman–Crippen LogP) is 1.68. The first-order valence-corrected chi connectivity index (χ1v) is 3.01. The van der Waals surface area contributed by atoms with Crippen LogP contribution >= 0.6 is 0 Å². The van der Waals surface area contributed by atoms with Crippen molar-refractivity contribution in [2.45, 2.75) is 6.92 Å². The van der Waals surface area contributed by atoms with Crippen LogP contribution in [-0.2, 0) is 0 Å². The van der Waals surface area contributed by atoms with E-state index >= 15 is 0 Å². The number of aromatic hydroxyl groups is 1. The predicted molar refractivity (Wildman–Crippen MR) is 40.8 cm³/mol. The summed E-state index contributed by atoms with van der Waals surface area (Å²) in [7, 11) is 0. The molecule has 1 heteroatoms. The van der Waals surface area contributed by atoms with Gasteiger partial charge in [-0.05, 0) is 19.1 Å². The van der Waals surface area contributed by atoms with Gasteiger partial charge in [0, 0.05) is 11.1 Å². The molecular formula is C9H8O. The minimum Gasteiger partial charge on any atom is -0.508 e. The number of rotatable bonds is 0. The lowest BCUT2D eigenvalue weighted by Gasteiger charge is -1.98. The van der Waals surface area contributed by atoms with Gasteiger partial charge >= 0.3 is 0 Å². The third-order valence-electron chi connectivity index (χ3n) is 1.46. The van der Waals surface area contributed by atoms with E-state index < -0.39 is 0 Å². The summed E-state index contributed by atoms with van der Waals surface area (Å²) in [5.41, 5.74) is 1.52. The van der Waals surface area contributed by atoms with Gasteiger partial charge in [-0.2, -0.15) is 0 Å². The van der Waals surface area contributed by atoms with Crippen molar-refractivity contribution in [2.75, 3.05) is 0 Å². The Labute approximate surface area is 60.3 Å². The smallest absolute Gasteiger partial charge is 0.119 e. The van der Waals surface area contributed by atoms with Gasteiger partial charge in [0.1, 0.15) is 5.75 Å². The zero-order valence-electron chi connectivity index (χ0n) is 5.76. The molecule has 0 bridgehead atoms. The Morgan fingerprint density at radius 1 is 1.50 bits per heavy atom. The van der Waals surface area contributed by atoms with Gasteiger partial charge in [0.25, 0.3) is 0 Å². The quantitative estimate of drug-likeness (QED) is 0.532. The Balaban J connectivity index is 3.31. The average molecular weight is 132 g/mol. The van der Waals surface area contributed by atoms with Gasteiger partial charge in [0.15, 0.2) is 0 Å². The van der Waals surface area contributed by atoms with Crippen LogP contribution in [0.15, 0.2) is 18.2 Å². The highest BCUT2D eigenvalue weighted by molar-refractivity contribution is 5.46. The van der Waals surface area contributed by atoms with Crippen molar-refractivity contribution < 1.29 is 5.11 Å². The van der Waals surface area contributed by atoms with Crippen LogP contribution in [-0.4, -0.2) is 5.11 Å². The van der Waals surface area contributed by atoms with Crippen molar-refractivity contribution in [3.8, 4) is 18.1 Å². The van der Waals surface area contributed by atoms with Crippen molar-refractivity contribution in [1.82, 2.24) is 0 Å². The lowest BCUT2D eigenvalue weighted by molar-refractivity contribution is 0.471. The molecule has 10 heavy (non-hydrogen) atoms. The Bertz CT molecular complexity index is 281. The summed E-state index contributed by atoms with van der Waals surface area (Å²) >= 11 is 0. The lowest BCUT2D eigenvalue weighted by atomic mass is 10.1. The van der Waals surface area contributed by atoms with E-state index in [0.29, 0.717) is 0 Å². The molecular weight excluding hydrogens is 124 g/mol. The van der Waals surface area contributed by atoms with E-state index in [1.807, 2.05) is 0 Å². The van der Waals surface area contributed by atoms with E-state index in [1.165, 1.54) is 0 Å². The van der Waals surface area contributed by atoms with Gasteiger partial charge in [0.2, 0.25) is 0 Å². The molecule has 0 radical (unpaired) electrons. The van der Waals surface area contributed by atoms with Gasteiger partial charge in [-0.15, -0.1) is 6.42 Å². The molecule has 1 N–H and O–H groups in total. The third kappa shape index (κ3) is 0.964. The van der Waals surface area contributed by atoms with E-state index in [4.69, 9.17) is 11.5 Å². The van der Waals surface area contributed by atoms with Gasteiger partial charge < -0.3 is 5.11 Å². The second-order valence-corrected chi connectivity index (χ2v) is 2.09. The first kappa shape index (κ1) is 6.70. The zero-order valence-corrected chi connectivity index (χ0v) is 5.76. The molecule has 0 saturated carbocycles. The SMILES string of the molecule is C#Cc1cccc(O)c1C. The summed E-state index contributed by atoms with van der Waals surface area (Å²) in [6.07, 6.45) is 5.16. The zero-order chi connectivity index (χ0) is 7.56. The molecule has 0 amide bonds. The van der Waals surface area contributed by atoms with Crippen molar-refractivity contribution in [2.24, 2.45) is 0 Å². The molecule has 1 aromatic carbocycles. The molecule has 0 aliphatic carbocycles. The first-order valence-electron chi connectivity index (χ1n) is 3.01. The second-order valence-electron chi connectivity index (χ2n) is 2.09. The summed E-state index contributed by atoms with van der Waals surface area (Å²) < 4.78 is 0. The molecule has 0 aliphatic rings. The first-order chi connectivity index (χ1) is 4.75. The van der Waals surface area contributed by atoms with Crippen LogP contribution in [0.2, 0.25) is 0 Å². The highest BCUT2D eigenvalue weighted by Crippen LogP contribution is 2.17. The van der Waals surface area contributed by atoms with Crippen molar-refractivity contribution in [1.29, 1.82) is 0 Å². The Hall–Kier alpha value is -1.42. The fourth-order valence-electron chi connectivity index (χ4n) is 0.780. The highest BCUT2D eigenvalue weighted by Gasteiger charge is 1.97. The standard InChI is InChI=1S/C9H8O/c1-3-8-5-4-6-9(10)7(8)2/h1,4-6,10H,2H3. The van der Waals surface area contributed by atoms with Crippen LogP contribution in [0, 0.1) is 19.3 Å². The topological polar surface area (TPSA) is 20.2 Å². The Morgan fingerprint density at radius 3 is 2.70 bits per heavy atom. The Kier molecular flexibility index (Phi) is 1.64. The molecule has 0 aliphatic heterocycles. The van der Waals surface area contributed by atoms with Crippen LogP contribution in [0.4, 0.5) is 0 Å². The lowest BCUT2D eigenvalue weighted by Crippen LogP contribution is -1.80. The van der Waals surface area contributed by atoms with Crippen LogP contribution < -0.4 is 0 Å². The van der Waals surface area contributed by atoms with E-state index in [-0.39, 0.29) is 5.75 Å². The molecule has 1 aromatic rings. The number of phenols is 1. The van der Waals surface area contributed by atoms with Gasteiger partial charge in [-0.1, -0.05) is 12.0 Å². The molecule has 1 nitrogen and oxygen atoms in total. The summed E-state index contributed by atoms with van der Waals surface area (Å²) in [6, 6.07) is 5.16. The molecule has 0 fully saturated rings. The van der Waals surface area contributed by atoms with Gasteiger partial charge in [0.05, 0.1) is 0 Å². The summed E-state index contributed by atoms with van der Waals surface area (Å²) in [5, 5.41) is 9.14. The van der Waals surface area contributed by atoms with Crippen molar-refractivity contribution in [3.05, 3.63) is 29.3 Å². The molecule has 0 heterocycles. The Morgan fingerprint density at radius 2 is 2.20 bits per heavy atom. The van der Waals surface area contributed by atoms with Crippen LogP contribution in [0.3, 0.4) is 0 Å². The molecule has 0 spiro atoms. The van der Waals surface area contributed by atoms with E-state index in [0.717, 1.165) is 11.1 Å². The molecule has 0 atom stereocenters. The largest absolute Gasteiger partial charge is 0.508 e. The second kappa shape index (κ2) is 2.45. The molecule has 0 saturated heterocycles. The minimum atomic E-state index is 0.260. The molecule has 1 rings (SSSR count). The maximum absolute atomic E-state index is 9.14. The number of benzene rings is 1. The molecule has 50 valence electrons. The normalized spacial score (nSPS) is 8.80. The van der Waals surface area contributed by atoms with Gasteiger partial charge in [-0.3, -0.25) is 0 Å². The fourth-order valence-corrected chi connectivity index (χ4v) is 0.780. The monoisotopic (exact) mass is 132 g/mol. The average Bonchev–Trinajstić information content (AvgIpc) is 1.95. The van der Waals surface area contributed by atoms with Crippen LogP contribution in [0.5, 0.6) is 5.75 Å². The fraction of sp³-hybridized carbons (Fsp3) is 0.111. The van der Waals surface area contributed by atoms with E-state index in [1.54, 1.807) is 25.1 Å². The minimum absolute atomic E-state index is 0.260. The molecule has 0 unspecified atom stereocenters. The molecule has 0 aromatic heterocycles. The third-order valence-corrected chi connectivity index (χ3v) is 1.46. The summed E-state index contributed by atoms with van der Waals surface area (Å²) in [6.45, 7) is 1.80. The van der Waals surface area contributed by atoms with Crippen molar-refractivity contribution >= 4 is 0 Å². The van der Waals surface area contributed by atoms with Crippen LogP contribution in [0.25, 0.3) is 0 Å². The summed E-state index contributed by atoms with van der Waals surface area (Å²) in [5.74, 6) is 2.74. The maximum Gasteiger partial charge on any atom is 0.119 e. The number of phenolic OH excluding ortho intramolecular Hbond substituents is 1. The maximum atomic E-state index is 9.14. The number of hydrogen-bond acceptors (Lipinski definition) is 1. The highest BCUT2D eigenvalue weighted by atomic mass is 16.3. The van der Waals surface area contributed by atoms with Gasteiger partial charge in [-0.25, -0.2) is 0 Å². The van der Waals surface area contributed by atoms with Crippen molar-refractivity contribution in [3.63, 3.8) is 0 Å². The number of hydrogen-bond donors (Lipinski definition) is 1. The van der Waals surface area contributed by atoms with E-state index in [9.17, 15) is 0 Å². The van der Waals surface area contributed by atoms with Crippen LogP contribution in [0.1, 0.15) is 11.1 Å². The van der Waals surface area contributed by atoms with E-state index in [2.05, 4.69) is 5.92 Å². The summed E-state index contributed by atoms with van der Waals surface area (Å²) in [4.78, 5) is 0. The number of terminal acetylenes is 1.